The highest BCUT2D eigenvalue weighted by Gasteiger charge is 2.35. The van der Waals surface area contributed by atoms with E-state index in [1.165, 1.54) is 7.11 Å². The normalized spacial score (nSPS) is 20.2. The van der Waals surface area contributed by atoms with Gasteiger partial charge in [0.25, 0.3) is 0 Å². The first-order valence-corrected chi connectivity index (χ1v) is 9.48. The van der Waals surface area contributed by atoms with Gasteiger partial charge in [0.05, 0.1) is 12.1 Å². The van der Waals surface area contributed by atoms with Gasteiger partial charge in [-0.2, -0.15) is 0 Å². The van der Waals surface area contributed by atoms with Crippen LogP contribution >= 0.6 is 11.6 Å². The third-order valence-electron chi connectivity index (χ3n) is 5.39. The Morgan fingerprint density at radius 3 is 2.38 bits per heavy atom. The van der Waals surface area contributed by atoms with Crippen molar-refractivity contribution in [1.82, 2.24) is 9.80 Å². The summed E-state index contributed by atoms with van der Waals surface area (Å²) in [6.07, 6.45) is 3.57. The van der Waals surface area contributed by atoms with E-state index in [-0.39, 0.29) is 11.8 Å². The molecule has 2 aliphatic heterocycles. The number of piperidine rings is 1. The van der Waals surface area contributed by atoms with Crippen LogP contribution in [0, 0.1) is 5.92 Å². The van der Waals surface area contributed by atoms with Gasteiger partial charge in [0.1, 0.15) is 11.8 Å². The number of ether oxygens (including phenoxy) is 1. The smallest absolute Gasteiger partial charge is 0.325 e. The lowest BCUT2D eigenvalue weighted by Crippen LogP contribution is -2.44. The van der Waals surface area contributed by atoms with Crippen LogP contribution in [0.5, 0.6) is 5.75 Å². The van der Waals surface area contributed by atoms with E-state index in [1.807, 2.05) is 9.80 Å². The summed E-state index contributed by atoms with van der Waals surface area (Å²) in [4.78, 5) is 28.3. The van der Waals surface area contributed by atoms with Crippen LogP contribution in [0.2, 0.25) is 5.02 Å². The van der Waals surface area contributed by atoms with Crippen molar-refractivity contribution in [1.29, 1.82) is 0 Å². The molecule has 0 spiro atoms. The van der Waals surface area contributed by atoms with E-state index in [4.69, 9.17) is 16.3 Å². The van der Waals surface area contributed by atoms with E-state index in [0.29, 0.717) is 42.3 Å². The van der Waals surface area contributed by atoms with E-state index in [2.05, 4.69) is 0 Å². The molecule has 1 N–H and O–H groups in total. The summed E-state index contributed by atoms with van der Waals surface area (Å²) in [5.74, 6) is -0.134. The number of nitrogens with zero attached hydrogens (tertiary/aromatic N) is 2. The van der Waals surface area contributed by atoms with Crippen LogP contribution in [0.1, 0.15) is 37.3 Å². The molecule has 3 rings (SSSR count). The van der Waals surface area contributed by atoms with Gasteiger partial charge in [0.15, 0.2) is 0 Å². The number of carbonyl (C=O) groups excluding carboxylic acids is 1. The molecule has 6 nitrogen and oxygen atoms in total. The number of amides is 1. The number of rotatable bonds is 5. The van der Waals surface area contributed by atoms with Gasteiger partial charge in [0, 0.05) is 32.1 Å². The Morgan fingerprint density at radius 2 is 1.85 bits per heavy atom. The number of aliphatic carboxylic acids is 1. The fourth-order valence-electron chi connectivity index (χ4n) is 3.96. The molecule has 0 radical (unpaired) electrons. The maximum absolute atomic E-state index is 12.6. The average molecular weight is 381 g/mol. The minimum atomic E-state index is -0.907. The highest BCUT2D eigenvalue weighted by atomic mass is 35.5. The molecule has 2 aliphatic rings. The van der Waals surface area contributed by atoms with E-state index < -0.39 is 12.0 Å². The predicted octanol–water partition coefficient (Wildman–Crippen LogP) is 2.81. The molecule has 7 heteroatoms. The maximum atomic E-state index is 12.6. The summed E-state index contributed by atoms with van der Waals surface area (Å²) < 4.78 is 5.14. The van der Waals surface area contributed by atoms with Crippen molar-refractivity contribution in [2.75, 3.05) is 33.3 Å². The molecule has 0 saturated carbocycles. The van der Waals surface area contributed by atoms with Gasteiger partial charge >= 0.3 is 5.97 Å². The lowest BCUT2D eigenvalue weighted by molar-refractivity contribution is -0.144. The van der Waals surface area contributed by atoms with Crippen LogP contribution in [-0.4, -0.2) is 60.1 Å². The Bertz CT molecular complexity index is 668. The Labute approximate surface area is 158 Å². The van der Waals surface area contributed by atoms with Crippen molar-refractivity contribution in [2.24, 2.45) is 5.92 Å². The fourth-order valence-corrected chi connectivity index (χ4v) is 4.23. The Morgan fingerprint density at radius 1 is 1.19 bits per heavy atom. The number of methoxy groups -OCH3 is 1. The third kappa shape index (κ3) is 3.96. The van der Waals surface area contributed by atoms with E-state index >= 15 is 0 Å². The molecule has 1 amide bonds. The molecular formula is C19H25ClN2O4. The standard InChI is InChI=1S/C19H25ClN2O4/c1-26-16-5-4-14(12-15(16)20)17(19(24)25)21-10-6-13(7-11-21)18(23)22-8-2-3-9-22/h4-5,12-13,17H,2-3,6-11H2,1H3,(H,24,25)/t17-/m1/s1. The number of hydrogen-bond donors (Lipinski definition) is 1. The van der Waals surface area contributed by atoms with Gasteiger partial charge in [-0.15, -0.1) is 0 Å². The molecule has 0 aromatic heterocycles. The van der Waals surface area contributed by atoms with Gasteiger partial charge in [-0.1, -0.05) is 17.7 Å². The zero-order valence-corrected chi connectivity index (χ0v) is 15.7. The summed E-state index contributed by atoms with van der Waals surface area (Å²) >= 11 is 6.17. The average Bonchev–Trinajstić information content (AvgIpc) is 3.16. The highest BCUT2D eigenvalue weighted by Crippen LogP contribution is 2.33. The summed E-state index contributed by atoms with van der Waals surface area (Å²) in [6, 6.07) is 4.32. The second-order valence-corrected chi connectivity index (χ2v) is 7.38. The second kappa shape index (κ2) is 8.27. The van der Waals surface area contributed by atoms with Crippen molar-refractivity contribution >= 4 is 23.5 Å². The van der Waals surface area contributed by atoms with Crippen LogP contribution in [0.3, 0.4) is 0 Å². The van der Waals surface area contributed by atoms with Crippen LogP contribution in [-0.2, 0) is 9.59 Å². The first-order valence-electron chi connectivity index (χ1n) is 9.10. The number of carbonyl (C=O) groups is 2. The highest BCUT2D eigenvalue weighted by molar-refractivity contribution is 6.32. The second-order valence-electron chi connectivity index (χ2n) is 6.98. The molecule has 1 atom stereocenters. The summed E-state index contributed by atoms with van der Waals surface area (Å²) in [5.41, 5.74) is 0.632. The fraction of sp³-hybridized carbons (Fsp3) is 0.579. The number of carboxylic acids is 1. The van der Waals surface area contributed by atoms with E-state index in [0.717, 1.165) is 25.9 Å². The quantitative estimate of drug-likeness (QED) is 0.850. The maximum Gasteiger partial charge on any atom is 0.325 e. The molecule has 0 bridgehead atoms. The molecule has 2 saturated heterocycles. The molecule has 1 aromatic carbocycles. The molecule has 142 valence electrons. The number of hydrogen-bond acceptors (Lipinski definition) is 4. The molecule has 0 unspecified atom stereocenters. The van der Waals surface area contributed by atoms with Crippen molar-refractivity contribution in [3.05, 3.63) is 28.8 Å². The number of benzene rings is 1. The molecule has 2 fully saturated rings. The molecular weight excluding hydrogens is 356 g/mol. The molecule has 1 aromatic rings. The lowest BCUT2D eigenvalue weighted by atomic mass is 9.93. The molecule has 2 heterocycles. The number of halogens is 1. The van der Waals surface area contributed by atoms with Crippen molar-refractivity contribution in [3.63, 3.8) is 0 Å². The zero-order chi connectivity index (χ0) is 18.7. The minimum absolute atomic E-state index is 0.0123. The van der Waals surface area contributed by atoms with Crippen molar-refractivity contribution in [3.8, 4) is 5.75 Å². The van der Waals surface area contributed by atoms with E-state index in [9.17, 15) is 14.7 Å². The topological polar surface area (TPSA) is 70.1 Å². The Kier molecular flexibility index (Phi) is 6.04. The van der Waals surface area contributed by atoms with Crippen LogP contribution in [0.15, 0.2) is 18.2 Å². The summed E-state index contributed by atoms with van der Waals surface area (Å²) in [6.45, 7) is 2.90. The van der Waals surface area contributed by atoms with Gasteiger partial charge in [-0.25, -0.2) is 0 Å². The SMILES string of the molecule is COc1ccc([C@H](C(=O)O)N2CCC(C(=O)N3CCCC3)CC2)cc1Cl. The first kappa shape index (κ1) is 19.0. The molecule has 26 heavy (non-hydrogen) atoms. The minimum Gasteiger partial charge on any atom is -0.495 e. The van der Waals surface area contributed by atoms with Crippen LogP contribution < -0.4 is 4.74 Å². The predicted molar refractivity (Wildman–Crippen MR) is 98.5 cm³/mol. The number of likely N-dealkylation sites (tertiary alicyclic amines) is 2. The third-order valence-corrected chi connectivity index (χ3v) is 5.68. The zero-order valence-electron chi connectivity index (χ0n) is 15.0. The van der Waals surface area contributed by atoms with Crippen LogP contribution in [0.4, 0.5) is 0 Å². The number of carboxylic acid groups (broad SMARTS) is 1. The Balaban J connectivity index is 1.68. The Hall–Kier alpha value is -1.79. The largest absolute Gasteiger partial charge is 0.495 e. The molecule has 0 aliphatic carbocycles. The van der Waals surface area contributed by atoms with Gasteiger partial charge in [0.2, 0.25) is 5.91 Å². The summed E-state index contributed by atoms with van der Waals surface area (Å²) in [5, 5.41) is 10.2. The van der Waals surface area contributed by atoms with Gasteiger partial charge in [-0.3, -0.25) is 14.5 Å². The monoisotopic (exact) mass is 380 g/mol. The van der Waals surface area contributed by atoms with Gasteiger partial charge < -0.3 is 14.7 Å². The first-order chi connectivity index (χ1) is 12.5. The van der Waals surface area contributed by atoms with E-state index in [1.54, 1.807) is 18.2 Å². The van der Waals surface area contributed by atoms with Gasteiger partial charge in [-0.05, 0) is 43.4 Å². The lowest BCUT2D eigenvalue weighted by Gasteiger charge is -2.36. The van der Waals surface area contributed by atoms with Crippen molar-refractivity contribution < 1.29 is 19.4 Å². The summed E-state index contributed by atoms with van der Waals surface area (Å²) in [7, 11) is 1.53. The van der Waals surface area contributed by atoms with Crippen molar-refractivity contribution in [2.45, 2.75) is 31.7 Å². The van der Waals surface area contributed by atoms with Crippen LogP contribution in [0.25, 0.3) is 0 Å².